The fraction of sp³-hybridized carbons (Fsp3) is 0.250. The van der Waals surface area contributed by atoms with Crippen LogP contribution in [0.25, 0.3) is 0 Å². The number of hydrazine groups is 1. The molecule has 0 aromatic heterocycles. The first-order valence-electron chi connectivity index (χ1n) is 5.73. The van der Waals surface area contributed by atoms with Crippen molar-refractivity contribution in [1.82, 2.24) is 5.01 Å². The smallest absolute Gasteiger partial charge is 0.434 e. The van der Waals surface area contributed by atoms with E-state index in [0.29, 0.717) is 5.01 Å². The number of alkyl halides is 3. The first-order valence-corrected chi connectivity index (χ1v) is 6.49. The second-order valence-electron chi connectivity index (χ2n) is 4.42. The van der Waals surface area contributed by atoms with Crippen molar-refractivity contribution in [2.45, 2.75) is 6.18 Å². The first-order chi connectivity index (χ1) is 10.0. The number of halogens is 6. The SMILES string of the molecule is CN1C(C(F)(F)F)=C(Cl)CN1c1cc(C(=O)O)c(Cl)cc1F. The van der Waals surface area contributed by atoms with Crippen LogP contribution in [0.3, 0.4) is 0 Å². The van der Waals surface area contributed by atoms with E-state index in [1.807, 2.05) is 0 Å². The highest BCUT2D eigenvalue weighted by Gasteiger charge is 2.45. The average Bonchev–Trinajstić information content (AvgIpc) is 2.63. The van der Waals surface area contributed by atoms with E-state index in [4.69, 9.17) is 28.3 Å². The molecule has 1 aliphatic rings. The standard InChI is InChI=1S/C12H8Cl2F4N2O2/c1-19-10(12(16,17)18)7(14)4-20(19)9-2-5(11(21)22)6(13)3-8(9)15/h2-3H,4H2,1H3,(H,21,22). The van der Waals surface area contributed by atoms with Crippen molar-refractivity contribution in [3.8, 4) is 0 Å². The molecule has 1 N–H and O–H groups in total. The fourth-order valence-corrected chi connectivity index (χ4v) is 2.67. The topological polar surface area (TPSA) is 43.8 Å². The molecule has 1 aromatic carbocycles. The highest BCUT2D eigenvalue weighted by molar-refractivity contribution is 6.33. The van der Waals surface area contributed by atoms with Gasteiger partial charge in [-0.15, -0.1) is 0 Å². The van der Waals surface area contributed by atoms with Gasteiger partial charge in [0, 0.05) is 7.05 Å². The molecule has 10 heteroatoms. The maximum atomic E-state index is 14.0. The molecule has 120 valence electrons. The second kappa shape index (κ2) is 5.51. The van der Waals surface area contributed by atoms with Crippen molar-refractivity contribution < 1.29 is 27.5 Å². The zero-order chi connectivity index (χ0) is 16.8. The summed E-state index contributed by atoms with van der Waals surface area (Å²) >= 11 is 11.2. The maximum Gasteiger partial charge on any atom is 0.434 e. The molecule has 0 aliphatic carbocycles. The van der Waals surface area contributed by atoms with Crippen LogP contribution in [-0.2, 0) is 0 Å². The van der Waals surface area contributed by atoms with Gasteiger partial charge in [0.25, 0.3) is 0 Å². The van der Waals surface area contributed by atoms with Crippen LogP contribution in [-0.4, -0.2) is 35.9 Å². The number of aromatic carboxylic acids is 1. The van der Waals surface area contributed by atoms with Gasteiger partial charge in [-0.1, -0.05) is 23.2 Å². The van der Waals surface area contributed by atoms with Crippen LogP contribution in [0.15, 0.2) is 22.9 Å². The minimum atomic E-state index is -4.72. The molecule has 0 saturated heterocycles. The molecule has 0 spiro atoms. The van der Waals surface area contributed by atoms with Crippen LogP contribution >= 0.6 is 23.2 Å². The third-order valence-electron chi connectivity index (χ3n) is 3.04. The number of nitrogens with zero attached hydrogens (tertiary/aromatic N) is 2. The van der Waals surface area contributed by atoms with Crippen molar-refractivity contribution >= 4 is 34.9 Å². The summed E-state index contributed by atoms with van der Waals surface area (Å²) in [5, 5.41) is 9.59. The highest BCUT2D eigenvalue weighted by atomic mass is 35.5. The molecule has 2 rings (SSSR count). The summed E-state index contributed by atoms with van der Waals surface area (Å²) in [6, 6.07) is 1.59. The van der Waals surface area contributed by atoms with Crippen molar-refractivity contribution in [2.24, 2.45) is 0 Å². The summed E-state index contributed by atoms with van der Waals surface area (Å²) in [5.41, 5.74) is -1.94. The number of allylic oxidation sites excluding steroid dienone is 1. The predicted octanol–water partition coefficient (Wildman–Crippen LogP) is 3.86. The Morgan fingerprint density at radius 2 is 1.91 bits per heavy atom. The molecule has 22 heavy (non-hydrogen) atoms. The van der Waals surface area contributed by atoms with Crippen molar-refractivity contribution in [3.63, 3.8) is 0 Å². The second-order valence-corrected chi connectivity index (χ2v) is 5.28. The van der Waals surface area contributed by atoms with Gasteiger partial charge in [0.1, 0.15) is 5.82 Å². The molecule has 0 unspecified atom stereocenters. The predicted molar refractivity (Wildman–Crippen MR) is 72.4 cm³/mol. The molecule has 0 radical (unpaired) electrons. The van der Waals surface area contributed by atoms with E-state index in [1.165, 1.54) is 0 Å². The molecule has 0 bridgehead atoms. The van der Waals surface area contributed by atoms with Gasteiger partial charge in [-0.3, -0.25) is 10.0 Å². The summed E-state index contributed by atoms with van der Waals surface area (Å²) in [6.45, 7) is -0.440. The normalized spacial score (nSPS) is 15.8. The quantitative estimate of drug-likeness (QED) is 0.815. The van der Waals surface area contributed by atoms with Gasteiger partial charge in [-0.25, -0.2) is 9.18 Å². The fourth-order valence-electron chi connectivity index (χ4n) is 2.09. The summed E-state index contributed by atoms with van der Waals surface area (Å²) in [7, 11) is 1.05. The summed E-state index contributed by atoms with van der Waals surface area (Å²) < 4.78 is 52.7. The molecule has 0 atom stereocenters. The van der Waals surface area contributed by atoms with Gasteiger partial charge in [-0.2, -0.15) is 13.2 Å². The third-order valence-corrected chi connectivity index (χ3v) is 3.66. The molecule has 0 saturated carbocycles. The Balaban J connectivity index is 2.48. The summed E-state index contributed by atoms with van der Waals surface area (Å²) in [4.78, 5) is 11.0. The number of carbonyl (C=O) groups is 1. The lowest BCUT2D eigenvalue weighted by molar-refractivity contribution is -0.108. The molecule has 1 heterocycles. The number of hydrogen-bond donors (Lipinski definition) is 1. The highest BCUT2D eigenvalue weighted by Crippen LogP contribution is 2.40. The van der Waals surface area contributed by atoms with Crippen LogP contribution in [0.2, 0.25) is 5.02 Å². The Labute approximate surface area is 132 Å². The zero-order valence-corrected chi connectivity index (χ0v) is 12.4. The van der Waals surface area contributed by atoms with E-state index in [2.05, 4.69) is 0 Å². The number of hydrogen-bond acceptors (Lipinski definition) is 3. The van der Waals surface area contributed by atoms with Crippen LogP contribution < -0.4 is 5.01 Å². The van der Waals surface area contributed by atoms with Crippen molar-refractivity contribution in [2.75, 3.05) is 18.6 Å². The van der Waals surface area contributed by atoms with E-state index in [9.17, 15) is 22.4 Å². The monoisotopic (exact) mass is 358 g/mol. The number of anilines is 1. The van der Waals surface area contributed by atoms with Gasteiger partial charge < -0.3 is 5.11 Å². The number of benzene rings is 1. The van der Waals surface area contributed by atoms with Crippen molar-refractivity contribution in [1.29, 1.82) is 0 Å². The molecular formula is C12H8Cl2F4N2O2. The molecule has 1 aliphatic heterocycles. The van der Waals surface area contributed by atoms with Gasteiger partial charge in [-0.05, 0) is 12.1 Å². The minimum Gasteiger partial charge on any atom is -0.478 e. The molecular weight excluding hydrogens is 351 g/mol. The molecule has 4 nitrogen and oxygen atoms in total. The Bertz CT molecular complexity index is 676. The number of carboxylic acid groups (broad SMARTS) is 1. The Morgan fingerprint density at radius 3 is 2.36 bits per heavy atom. The van der Waals surface area contributed by atoms with E-state index in [-0.39, 0.29) is 10.7 Å². The third kappa shape index (κ3) is 2.80. The van der Waals surface area contributed by atoms with Crippen LogP contribution in [0, 0.1) is 5.82 Å². The Kier molecular flexibility index (Phi) is 4.18. The molecule has 0 amide bonds. The van der Waals surface area contributed by atoms with Crippen LogP contribution in [0.4, 0.5) is 23.2 Å². The van der Waals surface area contributed by atoms with Gasteiger partial charge in [0.15, 0.2) is 5.70 Å². The summed E-state index contributed by atoms with van der Waals surface area (Å²) in [5.74, 6) is -2.39. The van der Waals surface area contributed by atoms with Crippen LogP contribution in [0.1, 0.15) is 10.4 Å². The van der Waals surface area contributed by atoms with E-state index >= 15 is 0 Å². The molecule has 0 fully saturated rings. The lowest BCUT2D eigenvalue weighted by Crippen LogP contribution is -2.38. The largest absolute Gasteiger partial charge is 0.478 e. The number of rotatable bonds is 2. The van der Waals surface area contributed by atoms with E-state index < -0.39 is 40.8 Å². The Morgan fingerprint density at radius 1 is 1.32 bits per heavy atom. The maximum absolute atomic E-state index is 14.0. The van der Waals surface area contributed by atoms with Crippen molar-refractivity contribution in [3.05, 3.63) is 39.3 Å². The van der Waals surface area contributed by atoms with E-state index in [1.54, 1.807) is 0 Å². The lowest BCUT2D eigenvalue weighted by atomic mass is 10.2. The lowest BCUT2D eigenvalue weighted by Gasteiger charge is -2.31. The number of carboxylic acids is 1. The first kappa shape index (κ1) is 16.7. The molecule has 1 aromatic rings. The Hall–Kier alpha value is -1.67. The van der Waals surface area contributed by atoms with Gasteiger partial charge in [0.05, 0.1) is 27.9 Å². The van der Waals surface area contributed by atoms with Gasteiger partial charge in [0.2, 0.25) is 0 Å². The minimum absolute atomic E-state index is 0.356. The van der Waals surface area contributed by atoms with Gasteiger partial charge >= 0.3 is 12.1 Å². The zero-order valence-electron chi connectivity index (χ0n) is 10.9. The van der Waals surface area contributed by atoms with E-state index in [0.717, 1.165) is 24.2 Å². The van der Waals surface area contributed by atoms with Crippen LogP contribution in [0.5, 0.6) is 0 Å². The average molecular weight is 359 g/mol. The summed E-state index contributed by atoms with van der Waals surface area (Å²) in [6.07, 6.45) is -4.72.